The molecule has 0 radical (unpaired) electrons. The van der Waals surface area contributed by atoms with Crippen LogP contribution in [0, 0.1) is 0 Å². The monoisotopic (exact) mass is 452 g/mol. The highest BCUT2D eigenvalue weighted by atomic mass is 32.1. The molecule has 1 aliphatic heterocycles. The van der Waals surface area contributed by atoms with Crippen molar-refractivity contribution >= 4 is 34.2 Å². The molecule has 1 fully saturated rings. The molecule has 3 aromatic rings. The van der Waals surface area contributed by atoms with Crippen molar-refractivity contribution in [2.75, 3.05) is 24.1 Å². The zero-order chi connectivity index (χ0) is 22.5. The number of nitrogens with zero attached hydrogens (tertiary/aromatic N) is 2. The highest BCUT2D eigenvalue weighted by molar-refractivity contribution is 7.18. The number of rotatable bonds is 7. The SMILES string of the molecule is Nc1nc(NC2CCN(C(=O)O)CC2)sc1C(=O)c1cccc(OCc2ccccc2)c1. The molecule has 1 amide bonds. The van der Waals surface area contributed by atoms with Gasteiger partial charge in [-0.05, 0) is 30.5 Å². The van der Waals surface area contributed by atoms with Crippen LogP contribution in [0.25, 0.3) is 0 Å². The number of nitrogen functional groups attached to an aromatic ring is 1. The maximum Gasteiger partial charge on any atom is 0.407 e. The van der Waals surface area contributed by atoms with Gasteiger partial charge in [-0.3, -0.25) is 4.79 Å². The highest BCUT2D eigenvalue weighted by Crippen LogP contribution is 2.30. The minimum absolute atomic E-state index is 0.0915. The van der Waals surface area contributed by atoms with Gasteiger partial charge in [0.1, 0.15) is 23.1 Å². The number of aromatic nitrogens is 1. The minimum atomic E-state index is -0.898. The van der Waals surface area contributed by atoms with Crippen molar-refractivity contribution in [3.63, 3.8) is 0 Å². The molecule has 0 aliphatic carbocycles. The van der Waals surface area contributed by atoms with Crippen LogP contribution in [0.4, 0.5) is 15.7 Å². The molecule has 0 saturated carbocycles. The summed E-state index contributed by atoms with van der Waals surface area (Å²) in [7, 11) is 0. The molecule has 8 nitrogen and oxygen atoms in total. The van der Waals surface area contributed by atoms with Crippen LogP contribution in [0.3, 0.4) is 0 Å². The number of thiazole rings is 1. The third-order valence-electron chi connectivity index (χ3n) is 5.30. The summed E-state index contributed by atoms with van der Waals surface area (Å²) >= 11 is 1.21. The van der Waals surface area contributed by atoms with Crippen LogP contribution in [-0.2, 0) is 6.61 Å². The Bertz CT molecular complexity index is 1090. The van der Waals surface area contributed by atoms with E-state index in [4.69, 9.17) is 15.6 Å². The van der Waals surface area contributed by atoms with Crippen LogP contribution < -0.4 is 15.8 Å². The number of hydrogen-bond acceptors (Lipinski definition) is 7. The molecule has 1 aliphatic rings. The van der Waals surface area contributed by atoms with Crippen LogP contribution >= 0.6 is 11.3 Å². The lowest BCUT2D eigenvalue weighted by Crippen LogP contribution is -2.41. The Labute approximate surface area is 189 Å². The Morgan fingerprint density at radius 3 is 2.62 bits per heavy atom. The molecule has 9 heteroatoms. The molecular formula is C23H24N4O4S. The van der Waals surface area contributed by atoms with E-state index >= 15 is 0 Å². The maximum absolute atomic E-state index is 13.1. The van der Waals surface area contributed by atoms with Gasteiger partial charge < -0.3 is 25.8 Å². The van der Waals surface area contributed by atoms with Gasteiger partial charge in [-0.2, -0.15) is 0 Å². The molecule has 4 rings (SSSR count). The van der Waals surface area contributed by atoms with E-state index in [9.17, 15) is 9.59 Å². The number of nitrogens with two attached hydrogens (primary N) is 1. The molecule has 0 spiro atoms. The van der Waals surface area contributed by atoms with Gasteiger partial charge in [-0.25, -0.2) is 9.78 Å². The number of ether oxygens (including phenoxy) is 1. The first-order chi connectivity index (χ1) is 15.5. The third kappa shape index (κ3) is 5.17. The molecule has 0 atom stereocenters. The number of piperidine rings is 1. The van der Waals surface area contributed by atoms with Crippen LogP contribution in [-0.4, -0.2) is 46.0 Å². The quantitative estimate of drug-likeness (QED) is 0.462. The number of benzene rings is 2. The second-order valence-electron chi connectivity index (χ2n) is 7.55. The number of hydrogen-bond donors (Lipinski definition) is 3. The molecule has 4 N–H and O–H groups in total. The van der Waals surface area contributed by atoms with E-state index in [1.807, 2.05) is 36.4 Å². The Hall–Kier alpha value is -3.59. The van der Waals surface area contributed by atoms with Gasteiger partial charge in [0.15, 0.2) is 5.13 Å². The van der Waals surface area contributed by atoms with Gasteiger partial charge in [0.2, 0.25) is 5.78 Å². The predicted octanol–water partition coefficient (Wildman–Crippen LogP) is 4.09. The molecular weight excluding hydrogens is 428 g/mol. The van der Waals surface area contributed by atoms with E-state index in [-0.39, 0.29) is 17.6 Å². The van der Waals surface area contributed by atoms with E-state index in [0.29, 0.717) is 53.9 Å². The summed E-state index contributed by atoms with van der Waals surface area (Å²) in [6.07, 6.45) is 0.455. The van der Waals surface area contributed by atoms with Gasteiger partial charge in [0.25, 0.3) is 0 Å². The molecule has 0 bridgehead atoms. The van der Waals surface area contributed by atoms with E-state index in [1.165, 1.54) is 16.2 Å². The fourth-order valence-electron chi connectivity index (χ4n) is 3.55. The van der Waals surface area contributed by atoms with Crippen molar-refractivity contribution in [2.24, 2.45) is 0 Å². The van der Waals surface area contributed by atoms with Crippen molar-refractivity contribution in [1.82, 2.24) is 9.88 Å². The van der Waals surface area contributed by atoms with Gasteiger partial charge in [0.05, 0.1) is 0 Å². The molecule has 0 unspecified atom stereocenters. The third-order valence-corrected chi connectivity index (χ3v) is 6.30. The van der Waals surface area contributed by atoms with Gasteiger partial charge in [-0.1, -0.05) is 53.8 Å². The molecule has 2 heterocycles. The van der Waals surface area contributed by atoms with Crippen molar-refractivity contribution in [3.05, 3.63) is 70.6 Å². The number of carboxylic acid groups (broad SMARTS) is 1. The zero-order valence-electron chi connectivity index (χ0n) is 17.4. The fraction of sp³-hybridized carbons (Fsp3) is 0.261. The molecule has 32 heavy (non-hydrogen) atoms. The Morgan fingerprint density at radius 2 is 1.91 bits per heavy atom. The molecule has 166 valence electrons. The molecule has 1 saturated heterocycles. The average molecular weight is 453 g/mol. The van der Waals surface area contributed by atoms with Gasteiger partial charge in [0, 0.05) is 24.7 Å². The first-order valence-corrected chi connectivity index (χ1v) is 11.1. The smallest absolute Gasteiger partial charge is 0.407 e. The number of amides is 1. The standard InChI is InChI=1S/C23H24N4O4S/c24-21-20(32-22(26-21)25-17-9-11-27(12-10-17)23(29)30)19(28)16-7-4-8-18(13-16)31-14-15-5-2-1-3-6-15/h1-8,13,17H,9-12,14,24H2,(H,25,26)(H,29,30). The number of nitrogens with one attached hydrogen (secondary N) is 1. The number of anilines is 2. The number of ketones is 1. The summed E-state index contributed by atoms with van der Waals surface area (Å²) in [4.78, 5) is 30.2. The Kier molecular flexibility index (Phi) is 6.55. The predicted molar refractivity (Wildman–Crippen MR) is 123 cm³/mol. The summed E-state index contributed by atoms with van der Waals surface area (Å²) < 4.78 is 5.83. The van der Waals surface area contributed by atoms with E-state index in [1.54, 1.807) is 18.2 Å². The normalized spacial score (nSPS) is 14.2. The summed E-state index contributed by atoms with van der Waals surface area (Å²) in [5.74, 6) is 0.575. The van der Waals surface area contributed by atoms with Gasteiger partial charge >= 0.3 is 6.09 Å². The lowest BCUT2D eigenvalue weighted by atomic mass is 10.1. The Morgan fingerprint density at radius 1 is 1.16 bits per heavy atom. The van der Waals surface area contributed by atoms with Crippen molar-refractivity contribution in [1.29, 1.82) is 0 Å². The first kappa shape index (κ1) is 21.6. The first-order valence-electron chi connectivity index (χ1n) is 10.3. The second-order valence-corrected chi connectivity index (χ2v) is 8.55. The number of carbonyl (C=O) groups excluding carboxylic acids is 1. The van der Waals surface area contributed by atoms with Crippen LogP contribution in [0.15, 0.2) is 54.6 Å². The van der Waals surface area contributed by atoms with Crippen molar-refractivity contribution in [2.45, 2.75) is 25.5 Å². The largest absolute Gasteiger partial charge is 0.489 e. The van der Waals surface area contributed by atoms with E-state index in [0.717, 1.165) is 5.56 Å². The average Bonchev–Trinajstić information content (AvgIpc) is 3.18. The van der Waals surface area contributed by atoms with E-state index < -0.39 is 6.09 Å². The van der Waals surface area contributed by atoms with E-state index in [2.05, 4.69) is 10.3 Å². The number of carbonyl (C=O) groups is 2. The second kappa shape index (κ2) is 9.69. The number of likely N-dealkylation sites (tertiary alicyclic amines) is 1. The summed E-state index contributed by atoms with van der Waals surface area (Å²) in [5.41, 5.74) is 7.56. The fourth-order valence-corrected chi connectivity index (χ4v) is 4.47. The van der Waals surface area contributed by atoms with Crippen LogP contribution in [0.2, 0.25) is 0 Å². The topological polar surface area (TPSA) is 118 Å². The summed E-state index contributed by atoms with van der Waals surface area (Å²) in [6, 6.07) is 16.9. The lowest BCUT2D eigenvalue weighted by Gasteiger charge is -2.30. The van der Waals surface area contributed by atoms with Crippen molar-refractivity contribution < 1.29 is 19.4 Å². The Balaban J connectivity index is 1.40. The van der Waals surface area contributed by atoms with Crippen molar-refractivity contribution in [3.8, 4) is 5.75 Å². The summed E-state index contributed by atoms with van der Waals surface area (Å²) in [6.45, 7) is 1.35. The maximum atomic E-state index is 13.1. The molecule has 1 aromatic heterocycles. The van der Waals surface area contributed by atoms with Crippen LogP contribution in [0.1, 0.15) is 33.6 Å². The van der Waals surface area contributed by atoms with Crippen LogP contribution in [0.5, 0.6) is 5.75 Å². The lowest BCUT2D eigenvalue weighted by molar-refractivity contribution is 0.104. The minimum Gasteiger partial charge on any atom is -0.489 e. The summed E-state index contributed by atoms with van der Waals surface area (Å²) in [5, 5.41) is 12.9. The van der Waals surface area contributed by atoms with Gasteiger partial charge in [-0.15, -0.1) is 0 Å². The molecule has 2 aromatic carbocycles. The zero-order valence-corrected chi connectivity index (χ0v) is 18.2. The highest BCUT2D eigenvalue weighted by Gasteiger charge is 2.24.